The Bertz CT molecular complexity index is 395. The van der Waals surface area contributed by atoms with Crippen molar-refractivity contribution in [2.24, 2.45) is 0 Å². The first-order valence-electron chi connectivity index (χ1n) is 8.23. The molecule has 1 aliphatic heterocycles. The van der Waals surface area contributed by atoms with Crippen LogP contribution in [0.5, 0.6) is 0 Å². The van der Waals surface area contributed by atoms with E-state index < -0.39 is 0 Å². The average molecular weight is 278 g/mol. The molecule has 0 aromatic carbocycles. The van der Waals surface area contributed by atoms with Crippen LogP contribution in [-0.2, 0) is 17.8 Å². The van der Waals surface area contributed by atoms with E-state index in [0.29, 0.717) is 6.04 Å². The molecule has 0 aliphatic carbocycles. The van der Waals surface area contributed by atoms with E-state index in [1.54, 1.807) is 0 Å². The molecule has 1 N–H and O–H groups in total. The second kappa shape index (κ2) is 7.28. The van der Waals surface area contributed by atoms with Gasteiger partial charge in [0.1, 0.15) is 0 Å². The zero-order valence-corrected chi connectivity index (χ0v) is 13.3. The predicted molar refractivity (Wildman–Crippen MR) is 83.8 cm³/mol. The molecule has 2 heterocycles. The number of aryl methyl sites for hydroxylation is 1. The second-order valence-corrected chi connectivity index (χ2v) is 6.07. The Balaban J connectivity index is 1.83. The summed E-state index contributed by atoms with van der Waals surface area (Å²) in [6, 6.07) is 2.83. The van der Waals surface area contributed by atoms with Crippen LogP contribution in [0.25, 0.3) is 0 Å². The van der Waals surface area contributed by atoms with Gasteiger partial charge in [0.15, 0.2) is 0 Å². The Hall–Kier alpha value is -0.800. The summed E-state index contributed by atoms with van der Waals surface area (Å²) in [5.41, 5.74) is 1.51. The molecule has 1 unspecified atom stereocenters. The van der Waals surface area contributed by atoms with E-state index in [2.05, 4.69) is 49.1 Å². The molecule has 20 heavy (non-hydrogen) atoms. The number of hydrogen-bond acceptors (Lipinski definition) is 2. The SMILES string of the molecule is CCCn1ccc(CNC2CCOC(CC)(CC)C2)c1. The van der Waals surface area contributed by atoms with Gasteiger partial charge in [-0.15, -0.1) is 0 Å². The normalized spacial score (nSPS) is 22.1. The van der Waals surface area contributed by atoms with E-state index in [9.17, 15) is 0 Å². The van der Waals surface area contributed by atoms with Crippen molar-refractivity contribution >= 4 is 0 Å². The van der Waals surface area contributed by atoms with Gasteiger partial charge in [0, 0.05) is 38.1 Å². The first kappa shape index (κ1) is 15.6. The summed E-state index contributed by atoms with van der Waals surface area (Å²) in [7, 11) is 0. The van der Waals surface area contributed by atoms with Crippen LogP contribution in [0, 0.1) is 0 Å². The third-order valence-corrected chi connectivity index (χ3v) is 4.67. The average Bonchev–Trinajstić information content (AvgIpc) is 2.93. The molecule has 0 bridgehead atoms. The minimum atomic E-state index is 0.115. The van der Waals surface area contributed by atoms with Gasteiger partial charge >= 0.3 is 0 Å². The van der Waals surface area contributed by atoms with E-state index in [1.807, 2.05) is 0 Å². The van der Waals surface area contributed by atoms with Crippen LogP contribution < -0.4 is 5.32 Å². The standard InChI is InChI=1S/C17H30N2O/c1-4-9-19-10-7-15(14-19)13-18-16-8-11-20-17(5-2,6-3)12-16/h7,10,14,16,18H,4-6,8-9,11-13H2,1-3H3. The summed E-state index contributed by atoms with van der Waals surface area (Å²) in [5.74, 6) is 0. The number of nitrogens with one attached hydrogen (secondary N) is 1. The first-order valence-corrected chi connectivity index (χ1v) is 8.23. The van der Waals surface area contributed by atoms with Crippen LogP contribution in [0.3, 0.4) is 0 Å². The number of rotatable bonds is 7. The third-order valence-electron chi connectivity index (χ3n) is 4.67. The molecule has 1 aromatic rings. The molecule has 0 amide bonds. The molecule has 1 fully saturated rings. The Kier molecular flexibility index (Phi) is 5.67. The lowest BCUT2D eigenvalue weighted by Crippen LogP contribution is -2.46. The minimum absolute atomic E-state index is 0.115. The van der Waals surface area contributed by atoms with Gasteiger partial charge in [-0.25, -0.2) is 0 Å². The Labute approximate surface area is 123 Å². The lowest BCUT2D eigenvalue weighted by Gasteiger charge is -2.40. The molecule has 0 spiro atoms. The van der Waals surface area contributed by atoms with Gasteiger partial charge in [0.05, 0.1) is 5.60 Å². The quantitative estimate of drug-likeness (QED) is 0.822. The molecular formula is C17H30N2O. The summed E-state index contributed by atoms with van der Waals surface area (Å²) < 4.78 is 8.32. The monoisotopic (exact) mass is 278 g/mol. The Morgan fingerprint density at radius 2 is 2.15 bits per heavy atom. The molecule has 1 aliphatic rings. The van der Waals surface area contributed by atoms with Crippen molar-refractivity contribution in [2.75, 3.05) is 6.61 Å². The van der Waals surface area contributed by atoms with Gasteiger partial charge in [-0.05, 0) is 43.7 Å². The molecule has 114 valence electrons. The first-order chi connectivity index (χ1) is 9.71. The summed E-state index contributed by atoms with van der Waals surface area (Å²) in [4.78, 5) is 0. The number of aromatic nitrogens is 1. The minimum Gasteiger partial charge on any atom is -0.375 e. The fraction of sp³-hybridized carbons (Fsp3) is 0.765. The largest absolute Gasteiger partial charge is 0.375 e. The molecule has 3 nitrogen and oxygen atoms in total. The van der Waals surface area contributed by atoms with Crippen molar-refractivity contribution in [1.29, 1.82) is 0 Å². The zero-order valence-electron chi connectivity index (χ0n) is 13.3. The van der Waals surface area contributed by atoms with Crippen molar-refractivity contribution in [3.63, 3.8) is 0 Å². The molecule has 0 saturated carbocycles. The molecule has 2 rings (SSSR count). The Morgan fingerprint density at radius 3 is 2.85 bits per heavy atom. The molecule has 1 aromatic heterocycles. The van der Waals surface area contributed by atoms with E-state index in [-0.39, 0.29) is 5.60 Å². The van der Waals surface area contributed by atoms with E-state index in [1.165, 1.54) is 12.0 Å². The van der Waals surface area contributed by atoms with Gasteiger partial charge in [-0.1, -0.05) is 20.8 Å². The van der Waals surface area contributed by atoms with E-state index >= 15 is 0 Å². The smallest absolute Gasteiger partial charge is 0.0692 e. The topological polar surface area (TPSA) is 26.2 Å². The van der Waals surface area contributed by atoms with Gasteiger partial charge in [-0.3, -0.25) is 0 Å². The van der Waals surface area contributed by atoms with Crippen LogP contribution in [0.15, 0.2) is 18.5 Å². The molecule has 1 atom stereocenters. The second-order valence-electron chi connectivity index (χ2n) is 6.07. The summed E-state index contributed by atoms with van der Waals surface area (Å²) in [5, 5.41) is 3.72. The molecule has 1 saturated heterocycles. The zero-order chi connectivity index (χ0) is 14.4. The highest BCUT2D eigenvalue weighted by atomic mass is 16.5. The van der Waals surface area contributed by atoms with Gasteiger partial charge in [0.2, 0.25) is 0 Å². The summed E-state index contributed by atoms with van der Waals surface area (Å²) in [6.45, 7) is 9.70. The van der Waals surface area contributed by atoms with Crippen LogP contribution in [0.1, 0.15) is 58.4 Å². The summed E-state index contributed by atoms with van der Waals surface area (Å²) in [6.07, 6.45) is 10.2. The van der Waals surface area contributed by atoms with E-state index in [4.69, 9.17) is 4.74 Å². The lowest BCUT2D eigenvalue weighted by molar-refractivity contribution is -0.0932. The van der Waals surface area contributed by atoms with Crippen molar-refractivity contribution in [2.45, 2.75) is 77.6 Å². The third kappa shape index (κ3) is 3.86. The Morgan fingerprint density at radius 1 is 1.35 bits per heavy atom. The predicted octanol–water partition coefficient (Wildman–Crippen LogP) is 3.73. The highest BCUT2D eigenvalue weighted by molar-refractivity contribution is 5.10. The fourth-order valence-electron chi connectivity index (χ4n) is 3.20. The van der Waals surface area contributed by atoms with Crippen LogP contribution in [0.4, 0.5) is 0 Å². The maximum Gasteiger partial charge on any atom is 0.0692 e. The lowest BCUT2D eigenvalue weighted by atomic mass is 9.86. The highest BCUT2D eigenvalue weighted by Crippen LogP contribution is 2.31. The van der Waals surface area contributed by atoms with Gasteiger partial charge in [-0.2, -0.15) is 0 Å². The van der Waals surface area contributed by atoms with Gasteiger partial charge < -0.3 is 14.6 Å². The van der Waals surface area contributed by atoms with Gasteiger partial charge in [0.25, 0.3) is 0 Å². The number of ether oxygens (including phenoxy) is 1. The van der Waals surface area contributed by atoms with E-state index in [0.717, 1.165) is 45.4 Å². The fourth-order valence-corrected chi connectivity index (χ4v) is 3.20. The number of nitrogens with zero attached hydrogens (tertiary/aromatic N) is 1. The van der Waals surface area contributed by atoms with Crippen LogP contribution >= 0.6 is 0 Å². The van der Waals surface area contributed by atoms with Crippen LogP contribution in [-0.4, -0.2) is 22.8 Å². The highest BCUT2D eigenvalue weighted by Gasteiger charge is 2.34. The summed E-state index contributed by atoms with van der Waals surface area (Å²) >= 11 is 0. The van der Waals surface area contributed by atoms with Crippen molar-refractivity contribution in [3.8, 4) is 0 Å². The van der Waals surface area contributed by atoms with Crippen LogP contribution in [0.2, 0.25) is 0 Å². The maximum atomic E-state index is 6.04. The van der Waals surface area contributed by atoms with Crippen molar-refractivity contribution in [1.82, 2.24) is 9.88 Å². The van der Waals surface area contributed by atoms with Crippen molar-refractivity contribution in [3.05, 3.63) is 24.0 Å². The molecule has 0 radical (unpaired) electrons. The number of hydrogen-bond donors (Lipinski definition) is 1. The maximum absolute atomic E-state index is 6.04. The van der Waals surface area contributed by atoms with Crippen molar-refractivity contribution < 1.29 is 4.74 Å². The molecular weight excluding hydrogens is 248 g/mol. The molecule has 3 heteroatoms.